The lowest BCUT2D eigenvalue weighted by molar-refractivity contribution is -0.385. The van der Waals surface area contributed by atoms with Crippen molar-refractivity contribution in [3.05, 3.63) is 101 Å². The molecular weight excluding hydrogens is 482 g/mol. The molecule has 0 saturated carbocycles. The van der Waals surface area contributed by atoms with E-state index in [1.165, 1.54) is 30.3 Å². The topological polar surface area (TPSA) is 124 Å². The summed E-state index contributed by atoms with van der Waals surface area (Å²) in [4.78, 5) is 41.9. The third-order valence-corrected chi connectivity index (χ3v) is 7.45. The van der Waals surface area contributed by atoms with E-state index in [1.54, 1.807) is 36.4 Å². The molecule has 2 heterocycles. The summed E-state index contributed by atoms with van der Waals surface area (Å²) in [6.07, 6.45) is 3.35. The number of hydrogen-bond donors (Lipinski definition) is 0. The van der Waals surface area contributed by atoms with Crippen molar-refractivity contribution < 1.29 is 9.85 Å². The molecule has 11 heteroatoms. The summed E-state index contributed by atoms with van der Waals surface area (Å²) in [6.45, 7) is 4.30. The highest BCUT2D eigenvalue weighted by Crippen LogP contribution is 2.29. The van der Waals surface area contributed by atoms with Gasteiger partial charge in [-0.15, -0.1) is 0 Å². The quantitative estimate of drug-likeness (QED) is 0.176. The minimum Gasteiger partial charge on any atom is -0.320 e. The molecule has 0 amide bonds. The summed E-state index contributed by atoms with van der Waals surface area (Å²) in [5, 5.41) is 23.4. The van der Waals surface area contributed by atoms with E-state index in [2.05, 4.69) is 9.88 Å². The van der Waals surface area contributed by atoms with Crippen molar-refractivity contribution in [3.8, 4) is 0 Å². The van der Waals surface area contributed by atoms with Crippen molar-refractivity contribution >= 4 is 23.1 Å². The zero-order chi connectivity index (χ0) is 25.7. The number of rotatable bonds is 9. The van der Waals surface area contributed by atoms with Gasteiger partial charge in [-0.1, -0.05) is 54.6 Å². The number of nitrogens with zero attached hydrogens (tertiary/aromatic N) is 5. The van der Waals surface area contributed by atoms with Crippen LogP contribution in [0.25, 0.3) is 0 Å². The third kappa shape index (κ3) is 5.80. The average molecular weight is 510 g/mol. The van der Waals surface area contributed by atoms with Crippen molar-refractivity contribution in [3.63, 3.8) is 0 Å². The Labute approximate surface area is 212 Å². The summed E-state index contributed by atoms with van der Waals surface area (Å²) >= 11 is 1.21. The number of benzene rings is 2. The van der Waals surface area contributed by atoms with Crippen molar-refractivity contribution in [2.24, 2.45) is 0 Å². The van der Waals surface area contributed by atoms with Crippen LogP contribution in [-0.4, -0.2) is 37.4 Å². The summed E-state index contributed by atoms with van der Waals surface area (Å²) < 4.78 is 1.82. The largest absolute Gasteiger partial charge is 0.320 e. The molecule has 0 radical (unpaired) electrons. The predicted molar refractivity (Wildman–Crippen MR) is 137 cm³/mol. The lowest BCUT2D eigenvalue weighted by Gasteiger charge is -2.27. The standard InChI is InChI=1S/C25H27N5O5S/c1-18-21(16-27-13-7-2-8-14-27)24(31)26-25(36-17-20-10-4-6-12-23(20)30(34)35)28(18)15-19-9-3-5-11-22(19)29(32)33/h3-6,9-12H,2,7-8,13-17H2,1H3. The van der Waals surface area contributed by atoms with Gasteiger partial charge in [0.1, 0.15) is 0 Å². The second-order valence-corrected chi connectivity index (χ2v) is 9.69. The molecule has 1 aliphatic rings. The first-order valence-corrected chi connectivity index (χ1v) is 12.7. The number of para-hydroxylation sites is 2. The van der Waals surface area contributed by atoms with Crippen LogP contribution in [0.5, 0.6) is 0 Å². The molecular formula is C25H27N5O5S. The first-order valence-electron chi connectivity index (χ1n) is 11.7. The highest BCUT2D eigenvalue weighted by Gasteiger charge is 2.22. The van der Waals surface area contributed by atoms with Crippen molar-refractivity contribution in [1.29, 1.82) is 0 Å². The van der Waals surface area contributed by atoms with E-state index in [1.807, 2.05) is 11.5 Å². The average Bonchev–Trinajstić information content (AvgIpc) is 2.88. The van der Waals surface area contributed by atoms with Crippen LogP contribution in [0.1, 0.15) is 41.6 Å². The molecule has 1 aliphatic heterocycles. The fourth-order valence-electron chi connectivity index (χ4n) is 4.44. The van der Waals surface area contributed by atoms with Gasteiger partial charge >= 0.3 is 0 Å². The number of hydrogen-bond acceptors (Lipinski definition) is 8. The third-order valence-electron chi connectivity index (χ3n) is 6.42. The molecule has 4 rings (SSSR count). The molecule has 3 aromatic rings. The SMILES string of the molecule is Cc1c(CN2CCCCC2)c(=O)nc(SCc2ccccc2[N+](=O)[O-])n1Cc1ccccc1[N+](=O)[O-]. The smallest absolute Gasteiger partial charge is 0.278 e. The normalized spacial score (nSPS) is 14.0. The molecule has 10 nitrogen and oxygen atoms in total. The molecule has 1 fully saturated rings. The van der Waals surface area contributed by atoms with Crippen LogP contribution in [0.2, 0.25) is 0 Å². The maximum absolute atomic E-state index is 13.1. The Morgan fingerprint density at radius 3 is 2.11 bits per heavy atom. The van der Waals surface area contributed by atoms with Gasteiger partial charge in [0.05, 0.1) is 22.0 Å². The Balaban J connectivity index is 1.74. The first kappa shape index (κ1) is 25.5. The number of likely N-dealkylation sites (tertiary alicyclic amines) is 1. The van der Waals surface area contributed by atoms with Crippen molar-refractivity contribution in [1.82, 2.24) is 14.5 Å². The van der Waals surface area contributed by atoms with Crippen LogP contribution in [0, 0.1) is 27.2 Å². The summed E-state index contributed by atoms with van der Waals surface area (Å²) in [6, 6.07) is 12.9. The lowest BCUT2D eigenvalue weighted by Crippen LogP contribution is -2.33. The summed E-state index contributed by atoms with van der Waals surface area (Å²) in [7, 11) is 0. The minimum atomic E-state index is -0.434. The summed E-state index contributed by atoms with van der Waals surface area (Å²) in [5.74, 6) is 0.228. The van der Waals surface area contributed by atoms with Gasteiger partial charge in [0.25, 0.3) is 16.9 Å². The van der Waals surface area contributed by atoms with Gasteiger partial charge in [0, 0.05) is 41.3 Å². The number of piperidine rings is 1. The van der Waals surface area contributed by atoms with E-state index in [0.717, 1.165) is 25.9 Å². The Morgan fingerprint density at radius 2 is 1.47 bits per heavy atom. The highest BCUT2D eigenvalue weighted by atomic mass is 32.2. The maximum Gasteiger partial charge on any atom is 0.278 e. The van der Waals surface area contributed by atoms with E-state index in [4.69, 9.17) is 0 Å². The number of thioether (sulfide) groups is 1. The van der Waals surface area contributed by atoms with E-state index < -0.39 is 9.85 Å². The molecule has 188 valence electrons. The molecule has 1 saturated heterocycles. The van der Waals surface area contributed by atoms with E-state index in [-0.39, 0.29) is 29.2 Å². The molecule has 0 bridgehead atoms. The molecule has 0 atom stereocenters. The van der Waals surface area contributed by atoms with Crippen LogP contribution >= 0.6 is 11.8 Å². The van der Waals surface area contributed by atoms with Crippen LogP contribution in [-0.2, 0) is 18.8 Å². The Bertz CT molecular complexity index is 1340. The van der Waals surface area contributed by atoms with Crippen molar-refractivity contribution in [2.45, 2.75) is 50.2 Å². The van der Waals surface area contributed by atoms with Gasteiger partial charge in [0.2, 0.25) is 0 Å². The fourth-order valence-corrected chi connectivity index (χ4v) is 5.48. The monoisotopic (exact) mass is 509 g/mol. The number of nitro benzene ring substituents is 2. The van der Waals surface area contributed by atoms with E-state index >= 15 is 0 Å². The molecule has 36 heavy (non-hydrogen) atoms. The van der Waals surface area contributed by atoms with Crippen LogP contribution < -0.4 is 5.56 Å². The van der Waals surface area contributed by atoms with Crippen LogP contribution in [0.4, 0.5) is 11.4 Å². The summed E-state index contributed by atoms with van der Waals surface area (Å²) in [5.41, 5.74) is 1.93. The maximum atomic E-state index is 13.1. The molecule has 0 unspecified atom stereocenters. The zero-order valence-electron chi connectivity index (χ0n) is 20.0. The molecule has 1 aromatic heterocycles. The Morgan fingerprint density at radius 1 is 0.889 bits per heavy atom. The first-order chi connectivity index (χ1) is 17.3. The zero-order valence-corrected chi connectivity index (χ0v) is 20.8. The molecule has 0 N–H and O–H groups in total. The highest BCUT2D eigenvalue weighted by molar-refractivity contribution is 7.98. The minimum absolute atomic E-state index is 0.00367. The fraction of sp³-hybridized carbons (Fsp3) is 0.360. The van der Waals surface area contributed by atoms with Gasteiger partial charge in [0.15, 0.2) is 5.16 Å². The number of aromatic nitrogens is 2. The van der Waals surface area contributed by atoms with Gasteiger partial charge in [-0.25, -0.2) is 0 Å². The molecule has 2 aromatic carbocycles. The van der Waals surface area contributed by atoms with Gasteiger partial charge < -0.3 is 4.57 Å². The predicted octanol–water partition coefficient (Wildman–Crippen LogP) is 4.69. The van der Waals surface area contributed by atoms with Crippen LogP contribution in [0.3, 0.4) is 0 Å². The molecule has 0 spiro atoms. The van der Waals surface area contributed by atoms with Crippen molar-refractivity contribution in [2.75, 3.05) is 13.1 Å². The molecule has 0 aliphatic carbocycles. The van der Waals surface area contributed by atoms with Gasteiger partial charge in [-0.05, 0) is 32.9 Å². The van der Waals surface area contributed by atoms with Gasteiger partial charge in [-0.3, -0.25) is 29.9 Å². The lowest BCUT2D eigenvalue weighted by atomic mass is 10.1. The van der Waals surface area contributed by atoms with E-state index in [0.29, 0.717) is 34.1 Å². The van der Waals surface area contributed by atoms with Crippen LogP contribution in [0.15, 0.2) is 58.5 Å². The van der Waals surface area contributed by atoms with Gasteiger partial charge in [-0.2, -0.15) is 4.98 Å². The van der Waals surface area contributed by atoms with E-state index in [9.17, 15) is 25.0 Å². The Hall–Kier alpha value is -3.57. The second kappa shape index (κ2) is 11.4. The Kier molecular flexibility index (Phi) is 8.11. The number of nitro groups is 2. The second-order valence-electron chi connectivity index (χ2n) is 8.75.